The quantitative estimate of drug-likeness (QED) is 0.788. The van der Waals surface area contributed by atoms with Crippen LogP contribution in [0.5, 0.6) is 0 Å². The van der Waals surface area contributed by atoms with Crippen LogP contribution < -0.4 is 5.32 Å². The lowest BCUT2D eigenvalue weighted by Crippen LogP contribution is -2.05. The van der Waals surface area contributed by atoms with Crippen molar-refractivity contribution in [3.8, 4) is 11.3 Å². The van der Waals surface area contributed by atoms with E-state index in [9.17, 15) is 9.59 Å². The van der Waals surface area contributed by atoms with Crippen LogP contribution in [0.3, 0.4) is 0 Å². The Morgan fingerprint density at radius 3 is 2.88 bits per heavy atom. The summed E-state index contributed by atoms with van der Waals surface area (Å²) < 4.78 is 0. The molecule has 0 spiro atoms. The Morgan fingerprint density at radius 1 is 1.41 bits per heavy atom. The fraction of sp³-hybridized carbons (Fsp3) is 0.0833. The summed E-state index contributed by atoms with van der Waals surface area (Å²) in [6, 6.07) is 8.91. The number of aromatic nitrogens is 2. The number of amides is 1. The highest BCUT2D eigenvalue weighted by molar-refractivity contribution is 5.89. The van der Waals surface area contributed by atoms with Crippen molar-refractivity contribution in [2.75, 3.05) is 5.32 Å². The number of carbonyl (C=O) groups is 2. The number of hydrogen-bond acceptors (Lipinski definition) is 3. The Hall–Kier alpha value is -2.43. The molecule has 2 rings (SSSR count). The van der Waals surface area contributed by atoms with Crippen LogP contribution in [0.15, 0.2) is 30.3 Å². The molecule has 0 saturated heterocycles. The van der Waals surface area contributed by atoms with Crippen molar-refractivity contribution in [1.29, 1.82) is 0 Å². The SMILES string of the molecule is CC(=O)Nc1cccc(-c2cc(C=O)[nH]n2)c1. The number of hydrogen-bond donors (Lipinski definition) is 2. The van der Waals surface area contributed by atoms with Crippen LogP contribution in [0.1, 0.15) is 17.4 Å². The Labute approximate surface area is 97.9 Å². The second-order valence-electron chi connectivity index (χ2n) is 3.59. The van der Waals surface area contributed by atoms with E-state index in [1.165, 1.54) is 6.92 Å². The molecule has 86 valence electrons. The van der Waals surface area contributed by atoms with Gasteiger partial charge in [0.25, 0.3) is 0 Å². The predicted molar refractivity (Wildman–Crippen MR) is 63.7 cm³/mol. The highest BCUT2D eigenvalue weighted by Gasteiger charge is 2.04. The maximum atomic E-state index is 10.9. The number of H-pyrrole nitrogens is 1. The molecule has 1 aromatic heterocycles. The minimum Gasteiger partial charge on any atom is -0.326 e. The fourth-order valence-electron chi connectivity index (χ4n) is 1.50. The lowest BCUT2D eigenvalue weighted by atomic mass is 10.1. The second kappa shape index (κ2) is 4.61. The third kappa shape index (κ3) is 2.57. The zero-order chi connectivity index (χ0) is 12.3. The molecule has 0 aliphatic carbocycles. The van der Waals surface area contributed by atoms with Gasteiger partial charge in [0, 0.05) is 18.2 Å². The molecule has 0 unspecified atom stereocenters. The average Bonchev–Trinajstić information content (AvgIpc) is 2.77. The van der Waals surface area contributed by atoms with Gasteiger partial charge in [-0.25, -0.2) is 0 Å². The number of carbonyl (C=O) groups excluding carboxylic acids is 2. The van der Waals surface area contributed by atoms with Gasteiger partial charge in [-0.1, -0.05) is 12.1 Å². The third-order valence-electron chi connectivity index (χ3n) is 2.20. The highest BCUT2D eigenvalue weighted by Crippen LogP contribution is 2.21. The fourth-order valence-corrected chi connectivity index (χ4v) is 1.50. The Balaban J connectivity index is 2.32. The summed E-state index contributed by atoms with van der Waals surface area (Å²) in [5.74, 6) is -0.127. The zero-order valence-corrected chi connectivity index (χ0v) is 9.23. The molecule has 2 aromatic rings. The Kier molecular flexibility index (Phi) is 3.00. The van der Waals surface area contributed by atoms with Gasteiger partial charge in [-0.05, 0) is 18.2 Å². The van der Waals surface area contributed by atoms with Crippen LogP contribution in [0.2, 0.25) is 0 Å². The third-order valence-corrected chi connectivity index (χ3v) is 2.20. The predicted octanol–water partition coefficient (Wildman–Crippen LogP) is 1.85. The second-order valence-corrected chi connectivity index (χ2v) is 3.59. The van der Waals surface area contributed by atoms with Crippen LogP contribution in [0.25, 0.3) is 11.3 Å². The van der Waals surface area contributed by atoms with E-state index >= 15 is 0 Å². The van der Waals surface area contributed by atoms with Crippen molar-refractivity contribution in [1.82, 2.24) is 10.2 Å². The number of benzene rings is 1. The monoisotopic (exact) mass is 229 g/mol. The van der Waals surface area contributed by atoms with Crippen LogP contribution in [0.4, 0.5) is 5.69 Å². The Bertz CT molecular complexity index is 560. The summed E-state index contributed by atoms with van der Waals surface area (Å²) in [7, 11) is 0. The van der Waals surface area contributed by atoms with Crippen molar-refractivity contribution < 1.29 is 9.59 Å². The van der Waals surface area contributed by atoms with Gasteiger partial charge in [-0.2, -0.15) is 5.10 Å². The number of nitrogens with one attached hydrogen (secondary N) is 2. The molecular formula is C12H11N3O2. The first kappa shape index (κ1) is 11.1. The summed E-state index contributed by atoms with van der Waals surface area (Å²) in [5, 5.41) is 9.31. The summed E-state index contributed by atoms with van der Waals surface area (Å²) >= 11 is 0. The first-order valence-electron chi connectivity index (χ1n) is 5.07. The van der Waals surface area contributed by atoms with Gasteiger partial charge in [0.1, 0.15) is 0 Å². The van der Waals surface area contributed by atoms with Crippen molar-refractivity contribution in [2.24, 2.45) is 0 Å². The zero-order valence-electron chi connectivity index (χ0n) is 9.23. The van der Waals surface area contributed by atoms with E-state index in [0.717, 1.165) is 5.56 Å². The molecule has 17 heavy (non-hydrogen) atoms. The van der Waals surface area contributed by atoms with E-state index in [-0.39, 0.29) is 5.91 Å². The van der Waals surface area contributed by atoms with Crippen molar-refractivity contribution in [3.05, 3.63) is 36.0 Å². The maximum absolute atomic E-state index is 10.9. The maximum Gasteiger partial charge on any atom is 0.221 e. The van der Waals surface area contributed by atoms with Crippen molar-refractivity contribution >= 4 is 17.9 Å². The molecule has 0 atom stereocenters. The molecule has 5 nitrogen and oxygen atoms in total. The van der Waals surface area contributed by atoms with Gasteiger partial charge >= 0.3 is 0 Å². The molecular weight excluding hydrogens is 218 g/mol. The number of rotatable bonds is 3. The van der Waals surface area contributed by atoms with Crippen LogP contribution in [-0.2, 0) is 4.79 Å². The largest absolute Gasteiger partial charge is 0.326 e. The van der Waals surface area contributed by atoms with E-state index in [1.54, 1.807) is 18.2 Å². The molecule has 0 bridgehead atoms. The molecule has 5 heteroatoms. The number of aldehydes is 1. The lowest BCUT2D eigenvalue weighted by Gasteiger charge is -2.03. The number of aromatic amines is 1. The van der Waals surface area contributed by atoms with Crippen LogP contribution >= 0.6 is 0 Å². The van der Waals surface area contributed by atoms with E-state index in [1.807, 2.05) is 12.1 Å². The molecule has 0 saturated carbocycles. The van der Waals surface area contributed by atoms with Gasteiger partial charge in [-0.3, -0.25) is 14.7 Å². The normalized spacial score (nSPS) is 9.94. The first-order chi connectivity index (χ1) is 8.19. The highest BCUT2D eigenvalue weighted by atomic mass is 16.1. The van der Waals surface area contributed by atoms with Gasteiger partial charge in [0.2, 0.25) is 5.91 Å². The molecule has 0 aliphatic rings. The van der Waals surface area contributed by atoms with E-state index < -0.39 is 0 Å². The van der Waals surface area contributed by atoms with Crippen LogP contribution in [-0.4, -0.2) is 22.4 Å². The molecule has 1 amide bonds. The van der Waals surface area contributed by atoms with E-state index in [4.69, 9.17) is 0 Å². The molecule has 1 aromatic carbocycles. The number of nitrogens with zero attached hydrogens (tertiary/aromatic N) is 1. The molecule has 0 fully saturated rings. The standard InChI is InChI=1S/C12H11N3O2/c1-8(17)13-10-4-2-3-9(5-10)12-6-11(7-16)14-15-12/h2-7H,1H3,(H,13,17)(H,14,15). The van der Waals surface area contributed by atoms with Crippen molar-refractivity contribution in [2.45, 2.75) is 6.92 Å². The van der Waals surface area contributed by atoms with Gasteiger partial charge in [-0.15, -0.1) is 0 Å². The van der Waals surface area contributed by atoms with Crippen LogP contribution in [0, 0.1) is 0 Å². The Morgan fingerprint density at radius 2 is 2.24 bits per heavy atom. The summed E-state index contributed by atoms with van der Waals surface area (Å²) in [5.41, 5.74) is 2.62. The smallest absolute Gasteiger partial charge is 0.221 e. The van der Waals surface area contributed by atoms with E-state index in [0.29, 0.717) is 23.4 Å². The molecule has 2 N–H and O–H groups in total. The van der Waals surface area contributed by atoms with Gasteiger partial charge < -0.3 is 5.32 Å². The lowest BCUT2D eigenvalue weighted by molar-refractivity contribution is -0.114. The summed E-state index contributed by atoms with van der Waals surface area (Å²) in [4.78, 5) is 21.5. The summed E-state index contributed by atoms with van der Waals surface area (Å²) in [6.45, 7) is 1.45. The molecule has 0 radical (unpaired) electrons. The van der Waals surface area contributed by atoms with Gasteiger partial charge in [0.05, 0.1) is 11.4 Å². The summed E-state index contributed by atoms with van der Waals surface area (Å²) in [6.07, 6.45) is 0.703. The minimum atomic E-state index is -0.127. The number of anilines is 1. The van der Waals surface area contributed by atoms with E-state index in [2.05, 4.69) is 15.5 Å². The minimum absolute atomic E-state index is 0.127. The van der Waals surface area contributed by atoms with Crippen molar-refractivity contribution in [3.63, 3.8) is 0 Å². The molecule has 0 aliphatic heterocycles. The molecule has 1 heterocycles. The van der Waals surface area contributed by atoms with Gasteiger partial charge in [0.15, 0.2) is 6.29 Å². The first-order valence-corrected chi connectivity index (χ1v) is 5.07. The average molecular weight is 229 g/mol. The topological polar surface area (TPSA) is 74.8 Å².